The maximum Gasteiger partial charge on any atom is 0.268 e. The van der Waals surface area contributed by atoms with Gasteiger partial charge >= 0.3 is 0 Å². The molecule has 0 aliphatic carbocycles. The van der Waals surface area contributed by atoms with E-state index < -0.39 is 12.0 Å². The topological polar surface area (TPSA) is 21.3 Å². The van der Waals surface area contributed by atoms with Gasteiger partial charge in [-0.15, -0.1) is 0 Å². The first-order valence-electron chi connectivity index (χ1n) is 3.71. The Morgan fingerprint density at radius 3 is 2.64 bits per heavy atom. The van der Waals surface area contributed by atoms with E-state index in [2.05, 4.69) is 5.32 Å². The van der Waals surface area contributed by atoms with Crippen molar-refractivity contribution in [3.8, 4) is 0 Å². The summed E-state index contributed by atoms with van der Waals surface area (Å²) in [6.07, 6.45) is -2.54. The van der Waals surface area contributed by atoms with Crippen molar-refractivity contribution >= 4 is 0 Å². The molecule has 0 saturated carbocycles. The molecule has 0 aromatic carbocycles. The van der Waals surface area contributed by atoms with E-state index in [1.165, 1.54) is 6.92 Å². The maximum absolute atomic E-state index is 12.3. The van der Waals surface area contributed by atoms with E-state index in [9.17, 15) is 8.78 Å². The van der Waals surface area contributed by atoms with Crippen LogP contribution in [0.3, 0.4) is 0 Å². The van der Waals surface area contributed by atoms with Crippen molar-refractivity contribution in [2.75, 3.05) is 13.1 Å². The van der Waals surface area contributed by atoms with Gasteiger partial charge in [0, 0.05) is 13.1 Å². The Kier molecular flexibility index (Phi) is 2.44. The van der Waals surface area contributed by atoms with Crippen molar-refractivity contribution < 1.29 is 13.5 Å². The standard InChI is InChI=1S/C7H13F2NO/c1-5-3-10-4-7(2,11-5)6(8)9/h5-6,10H,3-4H2,1-2H3/t5-,7-/m0/s1. The Hall–Kier alpha value is -0.220. The van der Waals surface area contributed by atoms with Crippen molar-refractivity contribution in [1.82, 2.24) is 5.32 Å². The van der Waals surface area contributed by atoms with E-state index >= 15 is 0 Å². The minimum Gasteiger partial charge on any atom is -0.364 e. The Morgan fingerprint density at radius 2 is 2.27 bits per heavy atom. The number of hydrogen-bond acceptors (Lipinski definition) is 2. The van der Waals surface area contributed by atoms with Crippen LogP contribution >= 0.6 is 0 Å². The van der Waals surface area contributed by atoms with Crippen LogP contribution in [0, 0.1) is 0 Å². The van der Waals surface area contributed by atoms with Crippen LogP contribution in [0.15, 0.2) is 0 Å². The van der Waals surface area contributed by atoms with Gasteiger partial charge in [-0.2, -0.15) is 0 Å². The third kappa shape index (κ3) is 1.87. The molecule has 1 aliphatic heterocycles. The summed E-state index contributed by atoms with van der Waals surface area (Å²) in [6.45, 7) is 4.10. The van der Waals surface area contributed by atoms with Crippen LogP contribution in [0.25, 0.3) is 0 Å². The van der Waals surface area contributed by atoms with Crippen LogP contribution in [0.4, 0.5) is 8.78 Å². The molecule has 0 spiro atoms. The molecule has 11 heavy (non-hydrogen) atoms. The molecule has 0 aromatic heterocycles. The highest BCUT2D eigenvalue weighted by molar-refractivity contribution is 4.86. The predicted octanol–water partition coefficient (Wildman–Crippen LogP) is 1.02. The number of halogens is 2. The lowest BCUT2D eigenvalue weighted by Gasteiger charge is -2.37. The monoisotopic (exact) mass is 165 g/mol. The summed E-state index contributed by atoms with van der Waals surface area (Å²) in [5.41, 5.74) is -1.29. The van der Waals surface area contributed by atoms with Crippen molar-refractivity contribution in [1.29, 1.82) is 0 Å². The third-order valence-electron chi connectivity index (χ3n) is 1.84. The minimum atomic E-state index is -2.42. The zero-order valence-electron chi connectivity index (χ0n) is 6.73. The molecule has 4 heteroatoms. The van der Waals surface area contributed by atoms with Crippen molar-refractivity contribution in [2.45, 2.75) is 32.0 Å². The molecule has 1 rings (SSSR count). The van der Waals surface area contributed by atoms with Gasteiger partial charge in [-0.25, -0.2) is 8.78 Å². The van der Waals surface area contributed by atoms with E-state index in [1.54, 1.807) is 6.92 Å². The average Bonchev–Trinajstić information content (AvgIpc) is 1.86. The number of morpholine rings is 1. The second-order valence-electron chi connectivity index (χ2n) is 3.17. The van der Waals surface area contributed by atoms with Gasteiger partial charge in [-0.05, 0) is 13.8 Å². The lowest BCUT2D eigenvalue weighted by Crippen LogP contribution is -2.55. The molecule has 1 heterocycles. The van der Waals surface area contributed by atoms with E-state index in [4.69, 9.17) is 4.74 Å². The molecule has 0 radical (unpaired) electrons. The highest BCUT2D eigenvalue weighted by Gasteiger charge is 2.39. The van der Waals surface area contributed by atoms with Gasteiger partial charge < -0.3 is 10.1 Å². The Morgan fingerprint density at radius 1 is 1.64 bits per heavy atom. The fraction of sp³-hybridized carbons (Fsp3) is 1.00. The van der Waals surface area contributed by atoms with Crippen LogP contribution in [0.1, 0.15) is 13.8 Å². The molecule has 0 aromatic rings. The smallest absolute Gasteiger partial charge is 0.268 e. The number of alkyl halides is 2. The van der Waals surface area contributed by atoms with Gasteiger partial charge in [0.05, 0.1) is 6.10 Å². The Labute approximate surface area is 64.9 Å². The van der Waals surface area contributed by atoms with Crippen LogP contribution in [-0.2, 0) is 4.74 Å². The highest BCUT2D eigenvalue weighted by atomic mass is 19.3. The van der Waals surface area contributed by atoms with E-state index in [1.807, 2.05) is 0 Å². The summed E-state index contributed by atoms with van der Waals surface area (Å²) >= 11 is 0. The van der Waals surface area contributed by atoms with Crippen LogP contribution < -0.4 is 5.32 Å². The molecule has 2 atom stereocenters. The average molecular weight is 165 g/mol. The molecule has 0 unspecified atom stereocenters. The zero-order valence-corrected chi connectivity index (χ0v) is 6.73. The zero-order chi connectivity index (χ0) is 8.48. The molecular formula is C7H13F2NO. The molecular weight excluding hydrogens is 152 g/mol. The Balaban J connectivity index is 2.55. The van der Waals surface area contributed by atoms with Crippen LogP contribution in [-0.4, -0.2) is 31.2 Å². The first-order chi connectivity index (χ1) is 5.04. The van der Waals surface area contributed by atoms with Gasteiger partial charge in [0.2, 0.25) is 0 Å². The number of nitrogens with one attached hydrogen (secondary N) is 1. The SMILES string of the molecule is C[C@H]1CNC[C@@](C)(C(F)F)O1. The lowest BCUT2D eigenvalue weighted by molar-refractivity contribution is -0.169. The lowest BCUT2D eigenvalue weighted by atomic mass is 10.1. The van der Waals surface area contributed by atoms with Gasteiger partial charge in [-0.3, -0.25) is 0 Å². The van der Waals surface area contributed by atoms with Crippen molar-refractivity contribution in [2.24, 2.45) is 0 Å². The van der Waals surface area contributed by atoms with Crippen LogP contribution in [0.2, 0.25) is 0 Å². The van der Waals surface area contributed by atoms with Crippen molar-refractivity contribution in [3.63, 3.8) is 0 Å². The highest BCUT2D eigenvalue weighted by Crippen LogP contribution is 2.23. The molecule has 2 nitrogen and oxygen atoms in total. The summed E-state index contributed by atoms with van der Waals surface area (Å²) in [4.78, 5) is 0. The Bertz CT molecular complexity index is 142. The van der Waals surface area contributed by atoms with E-state index in [-0.39, 0.29) is 12.6 Å². The summed E-state index contributed by atoms with van der Waals surface area (Å²) in [7, 11) is 0. The number of rotatable bonds is 1. The van der Waals surface area contributed by atoms with Crippen LogP contribution in [0.5, 0.6) is 0 Å². The summed E-state index contributed by atoms with van der Waals surface area (Å²) in [5.74, 6) is 0. The summed E-state index contributed by atoms with van der Waals surface area (Å²) in [6, 6.07) is 0. The van der Waals surface area contributed by atoms with Gasteiger partial charge in [0.15, 0.2) is 0 Å². The number of hydrogen-bond donors (Lipinski definition) is 1. The molecule has 0 amide bonds. The fourth-order valence-corrected chi connectivity index (χ4v) is 1.20. The minimum absolute atomic E-state index is 0.122. The van der Waals surface area contributed by atoms with Crippen molar-refractivity contribution in [3.05, 3.63) is 0 Å². The van der Waals surface area contributed by atoms with E-state index in [0.29, 0.717) is 6.54 Å². The quantitative estimate of drug-likeness (QED) is 0.626. The second-order valence-corrected chi connectivity index (χ2v) is 3.17. The molecule has 1 fully saturated rings. The first kappa shape index (κ1) is 8.87. The fourth-order valence-electron chi connectivity index (χ4n) is 1.20. The molecule has 66 valence electrons. The molecule has 1 aliphatic rings. The van der Waals surface area contributed by atoms with Gasteiger partial charge in [0.1, 0.15) is 5.60 Å². The molecule has 1 N–H and O–H groups in total. The largest absolute Gasteiger partial charge is 0.364 e. The normalized spacial score (nSPS) is 39.5. The number of ether oxygens (including phenoxy) is 1. The van der Waals surface area contributed by atoms with Gasteiger partial charge in [0.25, 0.3) is 6.43 Å². The summed E-state index contributed by atoms with van der Waals surface area (Å²) < 4.78 is 29.7. The molecule has 0 bridgehead atoms. The van der Waals surface area contributed by atoms with E-state index in [0.717, 1.165) is 0 Å². The predicted molar refractivity (Wildman–Crippen MR) is 37.8 cm³/mol. The second kappa shape index (κ2) is 3.03. The third-order valence-corrected chi connectivity index (χ3v) is 1.84. The maximum atomic E-state index is 12.3. The first-order valence-corrected chi connectivity index (χ1v) is 3.71. The summed E-state index contributed by atoms with van der Waals surface area (Å²) in [5, 5.41) is 2.90. The molecule has 1 saturated heterocycles. The van der Waals surface area contributed by atoms with Gasteiger partial charge in [-0.1, -0.05) is 0 Å².